The highest BCUT2D eigenvalue weighted by Gasteiger charge is 2.30. The molecule has 17 heavy (non-hydrogen) atoms. The van der Waals surface area contributed by atoms with Gasteiger partial charge in [-0.25, -0.2) is 0 Å². The van der Waals surface area contributed by atoms with Crippen LogP contribution in [0.3, 0.4) is 0 Å². The first-order valence-corrected chi connectivity index (χ1v) is 6.94. The molecule has 0 aromatic carbocycles. The number of piperazine rings is 1. The van der Waals surface area contributed by atoms with E-state index in [2.05, 4.69) is 42.6 Å². The van der Waals surface area contributed by atoms with Crippen LogP contribution in [0.5, 0.6) is 0 Å². The first-order valence-electron chi connectivity index (χ1n) is 6.94. The average Bonchev–Trinajstić information content (AvgIpc) is 2.30. The third kappa shape index (κ3) is 3.09. The second-order valence-electron chi connectivity index (χ2n) is 5.94. The van der Waals surface area contributed by atoms with Crippen LogP contribution in [0.15, 0.2) is 12.2 Å². The Morgan fingerprint density at radius 2 is 1.88 bits per heavy atom. The second-order valence-corrected chi connectivity index (χ2v) is 5.94. The van der Waals surface area contributed by atoms with E-state index in [1.165, 1.54) is 44.6 Å². The number of piperidine rings is 1. The van der Waals surface area contributed by atoms with Crippen molar-refractivity contribution in [2.75, 3.05) is 33.2 Å². The highest BCUT2D eigenvalue weighted by Crippen LogP contribution is 2.24. The highest BCUT2D eigenvalue weighted by molar-refractivity contribution is 5.11. The van der Waals surface area contributed by atoms with Gasteiger partial charge < -0.3 is 4.90 Å². The Bertz CT molecular complexity index is 267. The summed E-state index contributed by atoms with van der Waals surface area (Å²) in [6.45, 7) is 13.6. The summed E-state index contributed by atoms with van der Waals surface area (Å²) in [4.78, 5) is 5.03. The minimum absolute atomic E-state index is 0.508. The van der Waals surface area contributed by atoms with Gasteiger partial charge >= 0.3 is 0 Å². The summed E-state index contributed by atoms with van der Waals surface area (Å²) in [7, 11) is 2.21. The van der Waals surface area contributed by atoms with Gasteiger partial charge in [-0.15, -0.1) is 0 Å². The van der Waals surface area contributed by atoms with Gasteiger partial charge in [0.05, 0.1) is 6.17 Å². The fourth-order valence-electron chi connectivity index (χ4n) is 2.97. The molecule has 0 bridgehead atoms. The molecule has 2 fully saturated rings. The summed E-state index contributed by atoms with van der Waals surface area (Å²) in [5.41, 5.74) is 1.39. The molecular formula is C14H27N3. The van der Waals surface area contributed by atoms with Crippen LogP contribution in [0.4, 0.5) is 0 Å². The van der Waals surface area contributed by atoms with Gasteiger partial charge in [0.25, 0.3) is 0 Å². The van der Waals surface area contributed by atoms with Gasteiger partial charge in [-0.3, -0.25) is 10.2 Å². The topological polar surface area (TPSA) is 18.5 Å². The van der Waals surface area contributed by atoms with Gasteiger partial charge in [0.2, 0.25) is 0 Å². The van der Waals surface area contributed by atoms with Crippen LogP contribution in [0.25, 0.3) is 0 Å². The van der Waals surface area contributed by atoms with Crippen molar-refractivity contribution in [3.05, 3.63) is 12.2 Å². The van der Waals surface area contributed by atoms with E-state index in [9.17, 15) is 0 Å². The Balaban J connectivity index is 1.91. The molecule has 0 spiro atoms. The second kappa shape index (κ2) is 5.51. The standard InChI is InChI=1S/C14H27N3/c1-11(2)14-12(3)5-6-13(15-14)17-9-7-16(4)8-10-17/h11,13-15H,3,5-10H2,1-2,4H3. The van der Waals surface area contributed by atoms with Crippen molar-refractivity contribution >= 4 is 0 Å². The number of likely N-dealkylation sites (N-methyl/N-ethyl adjacent to an activating group) is 1. The van der Waals surface area contributed by atoms with Crippen LogP contribution >= 0.6 is 0 Å². The lowest BCUT2D eigenvalue weighted by atomic mass is 9.89. The fourth-order valence-corrected chi connectivity index (χ4v) is 2.97. The third-order valence-corrected chi connectivity index (χ3v) is 4.20. The zero-order valence-corrected chi connectivity index (χ0v) is 11.6. The van der Waals surface area contributed by atoms with E-state index >= 15 is 0 Å². The smallest absolute Gasteiger partial charge is 0.0605 e. The van der Waals surface area contributed by atoms with E-state index in [0.717, 1.165) is 0 Å². The highest BCUT2D eigenvalue weighted by atomic mass is 15.3. The number of hydrogen-bond donors (Lipinski definition) is 1. The number of nitrogens with zero attached hydrogens (tertiary/aromatic N) is 2. The van der Waals surface area contributed by atoms with Gasteiger partial charge in [-0.2, -0.15) is 0 Å². The summed E-state index contributed by atoms with van der Waals surface area (Å²) >= 11 is 0. The number of hydrogen-bond acceptors (Lipinski definition) is 3. The maximum Gasteiger partial charge on any atom is 0.0605 e. The minimum Gasteiger partial charge on any atom is -0.304 e. The molecule has 0 aromatic heterocycles. The van der Waals surface area contributed by atoms with Gasteiger partial charge in [0.1, 0.15) is 0 Å². The van der Waals surface area contributed by atoms with Crippen LogP contribution in [0, 0.1) is 5.92 Å². The molecule has 2 saturated heterocycles. The van der Waals surface area contributed by atoms with Crippen molar-refractivity contribution in [2.45, 2.75) is 38.9 Å². The number of nitrogens with one attached hydrogen (secondary N) is 1. The number of rotatable bonds is 2. The lowest BCUT2D eigenvalue weighted by Crippen LogP contribution is -2.58. The molecule has 0 amide bonds. The maximum atomic E-state index is 4.22. The molecule has 0 aromatic rings. The Morgan fingerprint density at radius 1 is 1.24 bits per heavy atom. The summed E-state index contributed by atoms with van der Waals surface area (Å²) in [5, 5.41) is 3.80. The predicted molar refractivity (Wildman–Crippen MR) is 73.0 cm³/mol. The van der Waals surface area contributed by atoms with Crippen LogP contribution < -0.4 is 5.32 Å². The van der Waals surface area contributed by atoms with Crippen LogP contribution in [0.1, 0.15) is 26.7 Å². The van der Waals surface area contributed by atoms with E-state index < -0.39 is 0 Å². The minimum atomic E-state index is 0.508. The molecular weight excluding hydrogens is 210 g/mol. The molecule has 2 aliphatic rings. The molecule has 2 heterocycles. The molecule has 1 N–H and O–H groups in total. The van der Waals surface area contributed by atoms with Gasteiger partial charge in [-0.05, 0) is 25.8 Å². The lowest BCUT2D eigenvalue weighted by Gasteiger charge is -2.44. The fraction of sp³-hybridized carbons (Fsp3) is 0.857. The van der Waals surface area contributed by atoms with Gasteiger partial charge in [0.15, 0.2) is 0 Å². The Morgan fingerprint density at radius 3 is 2.47 bits per heavy atom. The largest absolute Gasteiger partial charge is 0.304 e. The molecule has 3 heteroatoms. The predicted octanol–water partition coefficient (Wildman–Crippen LogP) is 1.52. The molecule has 0 radical (unpaired) electrons. The Kier molecular flexibility index (Phi) is 4.23. The molecule has 2 aliphatic heterocycles. The Labute approximate surface area is 106 Å². The van der Waals surface area contributed by atoms with E-state index in [4.69, 9.17) is 0 Å². The third-order valence-electron chi connectivity index (χ3n) is 4.20. The van der Waals surface area contributed by atoms with Crippen molar-refractivity contribution in [3.63, 3.8) is 0 Å². The average molecular weight is 237 g/mol. The molecule has 2 rings (SSSR count). The lowest BCUT2D eigenvalue weighted by molar-refractivity contribution is 0.0723. The van der Waals surface area contributed by atoms with Crippen molar-refractivity contribution in [3.8, 4) is 0 Å². The first-order chi connectivity index (χ1) is 8.08. The Hall–Kier alpha value is -0.380. The van der Waals surface area contributed by atoms with Crippen molar-refractivity contribution in [1.82, 2.24) is 15.1 Å². The van der Waals surface area contributed by atoms with E-state index in [-0.39, 0.29) is 0 Å². The van der Waals surface area contributed by atoms with Gasteiger partial charge in [-0.1, -0.05) is 26.0 Å². The molecule has 2 unspecified atom stereocenters. The SMILES string of the molecule is C=C1CCC(N2CCN(C)CC2)NC1C(C)C. The quantitative estimate of drug-likeness (QED) is 0.735. The summed E-state index contributed by atoms with van der Waals surface area (Å²) in [6.07, 6.45) is 2.99. The monoisotopic (exact) mass is 237 g/mol. The molecule has 3 nitrogen and oxygen atoms in total. The zero-order valence-electron chi connectivity index (χ0n) is 11.6. The zero-order chi connectivity index (χ0) is 12.4. The molecule has 0 saturated carbocycles. The summed E-state index contributed by atoms with van der Waals surface area (Å²) in [5.74, 6) is 0.651. The van der Waals surface area contributed by atoms with E-state index in [1.807, 2.05) is 0 Å². The maximum absolute atomic E-state index is 4.22. The van der Waals surface area contributed by atoms with Gasteiger partial charge in [0, 0.05) is 32.2 Å². The molecule has 2 atom stereocenters. The molecule has 98 valence electrons. The van der Waals surface area contributed by atoms with Crippen molar-refractivity contribution in [1.29, 1.82) is 0 Å². The van der Waals surface area contributed by atoms with Crippen molar-refractivity contribution in [2.24, 2.45) is 5.92 Å². The first kappa shape index (κ1) is 13.1. The van der Waals surface area contributed by atoms with Crippen LogP contribution in [-0.4, -0.2) is 55.2 Å². The van der Waals surface area contributed by atoms with E-state index in [1.54, 1.807) is 0 Å². The molecule has 0 aliphatic carbocycles. The van der Waals surface area contributed by atoms with Crippen molar-refractivity contribution < 1.29 is 0 Å². The van der Waals surface area contributed by atoms with E-state index in [0.29, 0.717) is 18.1 Å². The van der Waals surface area contributed by atoms with Crippen LogP contribution in [0.2, 0.25) is 0 Å². The van der Waals surface area contributed by atoms with Crippen LogP contribution in [-0.2, 0) is 0 Å². The summed E-state index contributed by atoms with van der Waals surface area (Å²) in [6, 6.07) is 0.508. The summed E-state index contributed by atoms with van der Waals surface area (Å²) < 4.78 is 0. The normalized spacial score (nSPS) is 33.3.